The van der Waals surface area contributed by atoms with Crippen molar-refractivity contribution < 1.29 is 17.9 Å². The van der Waals surface area contributed by atoms with Gasteiger partial charge >= 0.3 is 0 Å². The van der Waals surface area contributed by atoms with Crippen LogP contribution in [-0.4, -0.2) is 44.4 Å². The van der Waals surface area contributed by atoms with Crippen LogP contribution in [0.3, 0.4) is 0 Å². The highest BCUT2D eigenvalue weighted by Crippen LogP contribution is 2.34. The summed E-state index contributed by atoms with van der Waals surface area (Å²) >= 11 is 6.16. The van der Waals surface area contributed by atoms with Gasteiger partial charge < -0.3 is 9.64 Å². The molecule has 0 unspecified atom stereocenters. The minimum absolute atomic E-state index is 0.0415. The molecule has 8 heteroatoms. The fraction of sp³-hybridized carbons (Fsp3) is 0.238. The molecule has 0 spiro atoms. The maximum atomic E-state index is 13.7. The summed E-state index contributed by atoms with van der Waals surface area (Å²) in [6, 6.07) is 11.0. The first-order chi connectivity index (χ1) is 13.9. The second-order valence-electron chi connectivity index (χ2n) is 6.84. The maximum Gasteiger partial charge on any atom is 0.256 e. The second kappa shape index (κ2) is 7.65. The summed E-state index contributed by atoms with van der Waals surface area (Å²) in [4.78, 5) is 19.1. The molecule has 0 atom stereocenters. The number of hydrogen-bond acceptors (Lipinski definition) is 5. The van der Waals surface area contributed by atoms with Crippen LogP contribution in [0.2, 0.25) is 5.02 Å². The number of carbonyl (C=O) groups excluding carboxylic acids is 1. The first-order valence-electron chi connectivity index (χ1n) is 9.18. The number of likely N-dealkylation sites (tertiary alicyclic amines) is 1. The number of methoxy groups -OCH3 is 1. The van der Waals surface area contributed by atoms with E-state index in [1.807, 2.05) is 0 Å². The molecule has 2 heterocycles. The second-order valence-corrected chi connectivity index (χ2v) is 9.17. The average Bonchev–Trinajstić information content (AvgIpc) is 3.27. The molecule has 1 aromatic heterocycles. The van der Waals surface area contributed by atoms with E-state index in [9.17, 15) is 13.2 Å². The number of sulfone groups is 1. The number of fused-ring (bicyclic) bond motifs is 1. The Hall–Kier alpha value is -2.64. The number of hydrogen-bond donors (Lipinski definition) is 0. The third-order valence-electron chi connectivity index (χ3n) is 5.02. The van der Waals surface area contributed by atoms with Crippen LogP contribution in [0.25, 0.3) is 10.9 Å². The Labute approximate surface area is 174 Å². The van der Waals surface area contributed by atoms with Gasteiger partial charge in [0.25, 0.3) is 5.91 Å². The van der Waals surface area contributed by atoms with E-state index >= 15 is 0 Å². The van der Waals surface area contributed by atoms with Crippen molar-refractivity contribution in [3.05, 3.63) is 59.2 Å². The molecule has 3 aromatic rings. The lowest BCUT2D eigenvalue weighted by Gasteiger charge is -2.19. The molecule has 0 N–H and O–H groups in total. The number of carbonyl (C=O) groups is 1. The Morgan fingerprint density at radius 3 is 2.62 bits per heavy atom. The van der Waals surface area contributed by atoms with E-state index in [1.54, 1.807) is 29.2 Å². The smallest absolute Gasteiger partial charge is 0.256 e. The van der Waals surface area contributed by atoms with Gasteiger partial charge in [0.15, 0.2) is 0 Å². The Morgan fingerprint density at radius 2 is 1.90 bits per heavy atom. The number of halogens is 1. The van der Waals surface area contributed by atoms with Gasteiger partial charge in [-0.05, 0) is 49.2 Å². The zero-order chi connectivity index (χ0) is 20.6. The summed E-state index contributed by atoms with van der Waals surface area (Å²) in [6.45, 7) is 1.20. The monoisotopic (exact) mass is 430 g/mol. The highest BCUT2D eigenvalue weighted by atomic mass is 35.5. The van der Waals surface area contributed by atoms with Crippen molar-refractivity contribution in [3.8, 4) is 5.75 Å². The van der Waals surface area contributed by atoms with Crippen molar-refractivity contribution in [2.45, 2.75) is 22.6 Å². The molecule has 1 saturated heterocycles. The molecule has 2 aromatic carbocycles. The number of nitrogens with zero attached hydrogens (tertiary/aromatic N) is 2. The summed E-state index contributed by atoms with van der Waals surface area (Å²) in [5.74, 6) is 0.0771. The third-order valence-corrected chi connectivity index (χ3v) is 7.11. The van der Waals surface area contributed by atoms with Crippen LogP contribution in [0.15, 0.2) is 58.5 Å². The fourth-order valence-electron chi connectivity index (χ4n) is 3.56. The van der Waals surface area contributed by atoms with Crippen LogP contribution < -0.4 is 4.74 Å². The van der Waals surface area contributed by atoms with Gasteiger partial charge in [-0.2, -0.15) is 0 Å². The quantitative estimate of drug-likeness (QED) is 0.626. The molecular weight excluding hydrogens is 412 g/mol. The first-order valence-corrected chi connectivity index (χ1v) is 11.0. The van der Waals surface area contributed by atoms with Gasteiger partial charge in [0, 0.05) is 29.7 Å². The van der Waals surface area contributed by atoms with Crippen molar-refractivity contribution in [2.75, 3.05) is 20.2 Å². The van der Waals surface area contributed by atoms with Gasteiger partial charge in [-0.1, -0.05) is 17.7 Å². The fourth-order valence-corrected chi connectivity index (χ4v) is 5.38. The van der Waals surface area contributed by atoms with E-state index in [2.05, 4.69) is 4.98 Å². The first kappa shape index (κ1) is 19.7. The molecule has 0 aliphatic carbocycles. The molecule has 0 bridgehead atoms. The summed E-state index contributed by atoms with van der Waals surface area (Å²) in [6.07, 6.45) is 3.15. The van der Waals surface area contributed by atoms with Crippen LogP contribution in [0.4, 0.5) is 0 Å². The Kier molecular flexibility index (Phi) is 5.19. The summed E-state index contributed by atoms with van der Waals surface area (Å²) < 4.78 is 32.5. The van der Waals surface area contributed by atoms with Gasteiger partial charge in [-0.3, -0.25) is 9.78 Å². The molecule has 1 fully saturated rings. The average molecular weight is 431 g/mol. The number of pyridine rings is 1. The van der Waals surface area contributed by atoms with E-state index in [0.29, 0.717) is 34.8 Å². The van der Waals surface area contributed by atoms with Crippen molar-refractivity contribution in [2.24, 2.45) is 0 Å². The van der Waals surface area contributed by atoms with E-state index in [-0.39, 0.29) is 21.3 Å². The number of aromatic nitrogens is 1. The molecule has 1 amide bonds. The molecule has 0 radical (unpaired) electrons. The Bertz CT molecular complexity index is 1200. The Morgan fingerprint density at radius 1 is 1.14 bits per heavy atom. The van der Waals surface area contributed by atoms with Gasteiger partial charge in [-0.25, -0.2) is 8.42 Å². The normalized spacial score (nSPS) is 14.3. The number of ether oxygens (including phenoxy) is 1. The minimum atomic E-state index is -4.05. The van der Waals surface area contributed by atoms with E-state index in [0.717, 1.165) is 12.8 Å². The standard InChI is InChI=1S/C21H19ClN2O4S/c1-28-15-5-4-6-16(12-15)29(26,27)20-17-11-14(22)7-8-19(17)23-13-18(20)21(25)24-9-2-3-10-24/h4-8,11-13H,2-3,9-10H2,1H3. The number of benzene rings is 2. The lowest BCUT2D eigenvalue weighted by molar-refractivity contribution is 0.0789. The van der Waals surface area contributed by atoms with Crippen LogP contribution in [0, 0.1) is 0 Å². The lowest BCUT2D eigenvalue weighted by Crippen LogP contribution is -2.29. The van der Waals surface area contributed by atoms with Gasteiger partial charge in [0.1, 0.15) is 5.75 Å². The lowest BCUT2D eigenvalue weighted by atomic mass is 10.1. The van der Waals surface area contributed by atoms with Gasteiger partial charge in [0.05, 0.1) is 28.0 Å². The van der Waals surface area contributed by atoms with Crippen molar-refractivity contribution in [1.29, 1.82) is 0 Å². The zero-order valence-electron chi connectivity index (χ0n) is 15.8. The number of rotatable bonds is 4. The largest absolute Gasteiger partial charge is 0.497 e. The molecule has 0 saturated carbocycles. The van der Waals surface area contributed by atoms with Crippen LogP contribution in [0.5, 0.6) is 5.75 Å². The zero-order valence-corrected chi connectivity index (χ0v) is 17.3. The highest BCUT2D eigenvalue weighted by Gasteiger charge is 2.31. The predicted molar refractivity (Wildman–Crippen MR) is 110 cm³/mol. The molecule has 150 valence electrons. The molecule has 4 rings (SSSR count). The van der Waals surface area contributed by atoms with E-state index in [4.69, 9.17) is 16.3 Å². The van der Waals surface area contributed by atoms with Crippen LogP contribution in [0.1, 0.15) is 23.2 Å². The molecule has 1 aliphatic rings. The maximum absolute atomic E-state index is 13.7. The molecule has 29 heavy (non-hydrogen) atoms. The van der Waals surface area contributed by atoms with Crippen molar-refractivity contribution in [1.82, 2.24) is 9.88 Å². The summed E-state index contributed by atoms with van der Waals surface area (Å²) in [5, 5.41) is 0.692. The number of amides is 1. The SMILES string of the molecule is COc1cccc(S(=O)(=O)c2c(C(=O)N3CCCC3)cnc3ccc(Cl)cc23)c1. The molecule has 6 nitrogen and oxygen atoms in total. The Balaban J connectivity index is 2.00. The highest BCUT2D eigenvalue weighted by molar-refractivity contribution is 7.91. The van der Waals surface area contributed by atoms with E-state index in [1.165, 1.54) is 31.5 Å². The van der Waals surface area contributed by atoms with Crippen molar-refractivity contribution >= 4 is 38.2 Å². The third kappa shape index (κ3) is 3.56. The summed E-state index contributed by atoms with van der Waals surface area (Å²) in [5.41, 5.74) is 0.512. The van der Waals surface area contributed by atoms with Gasteiger partial charge in [0.2, 0.25) is 9.84 Å². The predicted octanol–water partition coefficient (Wildman–Crippen LogP) is 3.97. The topological polar surface area (TPSA) is 76.6 Å². The van der Waals surface area contributed by atoms with Crippen molar-refractivity contribution in [3.63, 3.8) is 0 Å². The van der Waals surface area contributed by atoms with Crippen LogP contribution in [-0.2, 0) is 9.84 Å². The molecule has 1 aliphatic heterocycles. The van der Waals surface area contributed by atoms with E-state index < -0.39 is 9.84 Å². The molecular formula is C21H19ClN2O4S. The minimum Gasteiger partial charge on any atom is -0.497 e. The van der Waals surface area contributed by atoms with Crippen LogP contribution >= 0.6 is 11.6 Å². The van der Waals surface area contributed by atoms with Gasteiger partial charge in [-0.15, -0.1) is 0 Å². The summed E-state index contributed by atoms with van der Waals surface area (Å²) in [7, 11) is -2.58.